The third-order valence-electron chi connectivity index (χ3n) is 4.79. The van der Waals surface area contributed by atoms with E-state index < -0.39 is 0 Å². The molecule has 0 fully saturated rings. The SMILES string of the molecule is CCOc1ccc(N2CCCn3c2nc2c3c(=O)n(C)c(=O)n2C)cc1. The van der Waals surface area contributed by atoms with Gasteiger partial charge in [-0.3, -0.25) is 13.9 Å². The van der Waals surface area contributed by atoms with Gasteiger partial charge in [0.15, 0.2) is 11.2 Å². The lowest BCUT2D eigenvalue weighted by Crippen LogP contribution is -2.38. The molecule has 0 bridgehead atoms. The second kappa shape index (κ2) is 6.05. The molecule has 136 valence electrons. The van der Waals surface area contributed by atoms with E-state index in [9.17, 15) is 9.59 Å². The number of nitrogens with zero attached hydrogens (tertiary/aromatic N) is 5. The van der Waals surface area contributed by atoms with Crippen molar-refractivity contribution in [2.24, 2.45) is 14.1 Å². The molecule has 26 heavy (non-hydrogen) atoms. The smallest absolute Gasteiger partial charge is 0.332 e. The molecular formula is C18H21N5O3. The van der Waals surface area contributed by atoms with Gasteiger partial charge in [0.05, 0.1) is 6.61 Å². The first-order valence-electron chi connectivity index (χ1n) is 8.69. The monoisotopic (exact) mass is 355 g/mol. The van der Waals surface area contributed by atoms with Crippen LogP contribution >= 0.6 is 0 Å². The van der Waals surface area contributed by atoms with Crippen molar-refractivity contribution in [3.8, 4) is 5.75 Å². The highest BCUT2D eigenvalue weighted by Crippen LogP contribution is 2.31. The molecule has 1 aliphatic heterocycles. The van der Waals surface area contributed by atoms with E-state index in [-0.39, 0.29) is 11.2 Å². The number of hydrogen-bond acceptors (Lipinski definition) is 5. The quantitative estimate of drug-likeness (QED) is 0.709. The Labute approximate surface area is 149 Å². The number of benzene rings is 1. The fourth-order valence-corrected chi connectivity index (χ4v) is 3.47. The van der Waals surface area contributed by atoms with Crippen LogP contribution in [0.3, 0.4) is 0 Å². The summed E-state index contributed by atoms with van der Waals surface area (Å²) in [6, 6.07) is 7.82. The van der Waals surface area contributed by atoms with Gasteiger partial charge in [0.2, 0.25) is 5.95 Å². The second-order valence-electron chi connectivity index (χ2n) is 6.37. The maximum Gasteiger partial charge on any atom is 0.332 e. The van der Waals surface area contributed by atoms with Gasteiger partial charge in [-0.1, -0.05) is 0 Å². The minimum atomic E-state index is -0.370. The summed E-state index contributed by atoms with van der Waals surface area (Å²) in [6.07, 6.45) is 0.887. The highest BCUT2D eigenvalue weighted by molar-refractivity contribution is 5.77. The average Bonchev–Trinajstić information content (AvgIpc) is 3.05. The van der Waals surface area contributed by atoms with Crippen molar-refractivity contribution in [1.82, 2.24) is 18.7 Å². The average molecular weight is 355 g/mol. The van der Waals surface area contributed by atoms with Crippen LogP contribution in [0.15, 0.2) is 33.9 Å². The first-order valence-corrected chi connectivity index (χ1v) is 8.69. The van der Waals surface area contributed by atoms with Crippen molar-refractivity contribution in [2.45, 2.75) is 19.9 Å². The van der Waals surface area contributed by atoms with Gasteiger partial charge in [-0.2, -0.15) is 4.98 Å². The molecule has 8 nitrogen and oxygen atoms in total. The Morgan fingerprint density at radius 2 is 1.81 bits per heavy atom. The number of imidazole rings is 1. The highest BCUT2D eigenvalue weighted by Gasteiger charge is 2.26. The number of aromatic nitrogens is 4. The first kappa shape index (κ1) is 16.4. The topological polar surface area (TPSA) is 74.3 Å². The normalized spacial score (nSPS) is 13.9. The van der Waals surface area contributed by atoms with E-state index in [2.05, 4.69) is 9.88 Å². The summed E-state index contributed by atoms with van der Waals surface area (Å²) < 4.78 is 9.98. The molecular weight excluding hydrogens is 334 g/mol. The van der Waals surface area contributed by atoms with Crippen molar-refractivity contribution in [2.75, 3.05) is 18.1 Å². The van der Waals surface area contributed by atoms with E-state index in [0.717, 1.165) is 29.0 Å². The van der Waals surface area contributed by atoms with E-state index >= 15 is 0 Å². The van der Waals surface area contributed by atoms with Gasteiger partial charge in [-0.05, 0) is 37.6 Å². The molecule has 0 unspecified atom stereocenters. The van der Waals surface area contributed by atoms with Crippen LogP contribution in [-0.2, 0) is 20.6 Å². The molecule has 0 saturated heterocycles. The zero-order valence-electron chi connectivity index (χ0n) is 15.1. The number of rotatable bonds is 3. The van der Waals surface area contributed by atoms with E-state index in [4.69, 9.17) is 4.74 Å². The van der Waals surface area contributed by atoms with Crippen LogP contribution in [0.5, 0.6) is 5.75 Å². The third-order valence-corrected chi connectivity index (χ3v) is 4.79. The van der Waals surface area contributed by atoms with Gasteiger partial charge in [-0.25, -0.2) is 4.79 Å². The lowest BCUT2D eigenvalue weighted by molar-refractivity contribution is 0.340. The van der Waals surface area contributed by atoms with Crippen LogP contribution in [0.25, 0.3) is 11.2 Å². The minimum absolute atomic E-state index is 0.310. The van der Waals surface area contributed by atoms with Gasteiger partial charge >= 0.3 is 5.69 Å². The van der Waals surface area contributed by atoms with Crippen molar-refractivity contribution in [3.05, 3.63) is 45.1 Å². The van der Waals surface area contributed by atoms with E-state index in [1.807, 2.05) is 35.8 Å². The standard InChI is InChI=1S/C18H21N5O3/c1-4-26-13-8-6-12(7-9-13)22-10-5-11-23-14-15(19-17(22)23)20(2)18(25)21(3)16(14)24/h6-9H,4-5,10-11H2,1-3H3. The molecule has 0 aliphatic carbocycles. The maximum absolute atomic E-state index is 12.6. The van der Waals surface area contributed by atoms with Crippen LogP contribution in [0, 0.1) is 0 Å². The van der Waals surface area contributed by atoms with Crippen LogP contribution in [0.2, 0.25) is 0 Å². The lowest BCUT2D eigenvalue weighted by atomic mass is 10.2. The number of anilines is 2. The summed E-state index contributed by atoms with van der Waals surface area (Å²) in [4.78, 5) is 31.6. The summed E-state index contributed by atoms with van der Waals surface area (Å²) in [6.45, 7) is 4.07. The fourth-order valence-electron chi connectivity index (χ4n) is 3.47. The highest BCUT2D eigenvalue weighted by atomic mass is 16.5. The molecule has 0 spiro atoms. The number of fused-ring (bicyclic) bond motifs is 3. The van der Waals surface area contributed by atoms with E-state index in [0.29, 0.717) is 30.3 Å². The zero-order chi connectivity index (χ0) is 18.4. The van der Waals surface area contributed by atoms with Crippen molar-refractivity contribution >= 4 is 22.8 Å². The summed E-state index contributed by atoms with van der Waals surface area (Å²) in [5.41, 5.74) is 1.19. The molecule has 0 N–H and O–H groups in total. The summed E-state index contributed by atoms with van der Waals surface area (Å²) in [5.74, 6) is 1.51. The first-order chi connectivity index (χ1) is 12.5. The van der Waals surface area contributed by atoms with Crippen LogP contribution in [0.4, 0.5) is 11.6 Å². The Morgan fingerprint density at radius 1 is 1.08 bits per heavy atom. The second-order valence-corrected chi connectivity index (χ2v) is 6.37. The largest absolute Gasteiger partial charge is 0.494 e. The molecule has 0 saturated carbocycles. The summed E-state index contributed by atoms with van der Waals surface area (Å²) in [7, 11) is 3.14. The van der Waals surface area contributed by atoms with Crippen LogP contribution in [-0.4, -0.2) is 31.8 Å². The Bertz CT molecular complexity index is 1090. The summed E-state index contributed by atoms with van der Waals surface area (Å²) in [5, 5.41) is 0. The number of ether oxygens (including phenoxy) is 1. The Balaban J connectivity index is 1.89. The molecule has 0 atom stereocenters. The zero-order valence-corrected chi connectivity index (χ0v) is 15.1. The Hall–Kier alpha value is -3.03. The predicted octanol–water partition coefficient (Wildman–Crippen LogP) is 1.37. The molecule has 3 heterocycles. The van der Waals surface area contributed by atoms with Gasteiger partial charge in [0.1, 0.15) is 5.75 Å². The summed E-state index contributed by atoms with van der Waals surface area (Å²) >= 11 is 0. The molecule has 0 radical (unpaired) electrons. The van der Waals surface area contributed by atoms with Crippen molar-refractivity contribution in [3.63, 3.8) is 0 Å². The third kappa shape index (κ3) is 2.33. The molecule has 0 amide bonds. The Morgan fingerprint density at radius 3 is 2.50 bits per heavy atom. The molecule has 4 rings (SSSR count). The van der Waals surface area contributed by atoms with Crippen LogP contribution < -0.4 is 20.9 Å². The Kier molecular flexibility index (Phi) is 3.82. The van der Waals surface area contributed by atoms with Crippen molar-refractivity contribution < 1.29 is 4.74 Å². The van der Waals surface area contributed by atoms with Gasteiger partial charge in [0, 0.05) is 32.9 Å². The molecule has 8 heteroatoms. The fraction of sp³-hybridized carbons (Fsp3) is 0.389. The number of hydrogen-bond donors (Lipinski definition) is 0. The van der Waals surface area contributed by atoms with Crippen molar-refractivity contribution in [1.29, 1.82) is 0 Å². The van der Waals surface area contributed by atoms with E-state index in [1.54, 1.807) is 7.05 Å². The maximum atomic E-state index is 12.6. The van der Waals surface area contributed by atoms with E-state index in [1.165, 1.54) is 11.6 Å². The molecule has 3 aromatic rings. The van der Waals surface area contributed by atoms with Gasteiger partial charge < -0.3 is 14.2 Å². The molecule has 1 aliphatic rings. The number of aryl methyl sites for hydroxylation is 2. The van der Waals surface area contributed by atoms with Gasteiger partial charge in [-0.15, -0.1) is 0 Å². The van der Waals surface area contributed by atoms with Crippen LogP contribution in [0.1, 0.15) is 13.3 Å². The lowest BCUT2D eigenvalue weighted by Gasteiger charge is -2.29. The molecule has 2 aromatic heterocycles. The molecule has 1 aromatic carbocycles. The predicted molar refractivity (Wildman–Crippen MR) is 99.4 cm³/mol. The van der Waals surface area contributed by atoms with Gasteiger partial charge in [0.25, 0.3) is 5.56 Å². The minimum Gasteiger partial charge on any atom is -0.494 e.